The fourth-order valence-corrected chi connectivity index (χ4v) is 2.80. The minimum Gasteiger partial charge on any atom is -0.352 e. The van der Waals surface area contributed by atoms with Crippen LogP contribution in [0.5, 0.6) is 0 Å². The molecule has 0 aromatic carbocycles. The molecule has 114 valence electrons. The van der Waals surface area contributed by atoms with Crippen LogP contribution < -0.4 is 10.6 Å². The molecule has 1 aliphatic heterocycles. The Hall–Kier alpha value is -1.44. The van der Waals surface area contributed by atoms with Crippen LogP contribution in [0.3, 0.4) is 0 Å². The van der Waals surface area contributed by atoms with Crippen molar-refractivity contribution in [3.05, 3.63) is 22.7 Å². The molecule has 1 aliphatic rings. The number of rotatable bonds is 5. The lowest BCUT2D eigenvalue weighted by atomic mass is 10.2. The highest BCUT2D eigenvalue weighted by atomic mass is 35.5. The second-order valence-electron chi connectivity index (χ2n) is 4.78. The fraction of sp³-hybridized carbons (Fsp3) is 0.462. The van der Waals surface area contributed by atoms with Gasteiger partial charge in [0.15, 0.2) is 0 Å². The number of hydrogen-bond donors (Lipinski definition) is 2. The molecule has 6 nitrogen and oxygen atoms in total. The van der Waals surface area contributed by atoms with Gasteiger partial charge in [-0.1, -0.05) is 5.16 Å². The Kier molecular flexibility index (Phi) is 5.72. The van der Waals surface area contributed by atoms with Crippen molar-refractivity contribution in [3.63, 3.8) is 0 Å². The van der Waals surface area contributed by atoms with E-state index in [0.29, 0.717) is 24.6 Å². The standard InChI is InChI=1S/C13H16N4O2S.ClH/c18-11(15-10-3-5-14-7-10)1-2-12-16-13(17-19-12)9-4-6-20-8-9;/h4,6,8,10,14H,1-3,5,7H2,(H,15,18);1H. The number of amides is 1. The first-order valence-electron chi connectivity index (χ1n) is 6.66. The van der Waals surface area contributed by atoms with Crippen molar-refractivity contribution in [2.75, 3.05) is 13.1 Å². The molecule has 0 spiro atoms. The predicted molar refractivity (Wildman–Crippen MR) is 82.6 cm³/mol. The van der Waals surface area contributed by atoms with E-state index in [1.807, 2.05) is 16.8 Å². The van der Waals surface area contributed by atoms with Gasteiger partial charge >= 0.3 is 0 Å². The van der Waals surface area contributed by atoms with Crippen LogP contribution in [0, 0.1) is 0 Å². The molecule has 8 heteroatoms. The monoisotopic (exact) mass is 328 g/mol. The summed E-state index contributed by atoms with van der Waals surface area (Å²) in [4.78, 5) is 16.1. The number of nitrogens with one attached hydrogen (secondary N) is 2. The van der Waals surface area contributed by atoms with Gasteiger partial charge in [-0.2, -0.15) is 16.3 Å². The summed E-state index contributed by atoms with van der Waals surface area (Å²) in [6, 6.07) is 2.20. The molecule has 21 heavy (non-hydrogen) atoms. The minimum absolute atomic E-state index is 0. The highest BCUT2D eigenvalue weighted by molar-refractivity contribution is 7.08. The quantitative estimate of drug-likeness (QED) is 0.872. The van der Waals surface area contributed by atoms with Gasteiger partial charge in [-0.15, -0.1) is 12.4 Å². The molecule has 1 fully saturated rings. The topological polar surface area (TPSA) is 80.0 Å². The Morgan fingerprint density at radius 1 is 1.57 bits per heavy atom. The van der Waals surface area contributed by atoms with Crippen LogP contribution in [-0.2, 0) is 11.2 Å². The summed E-state index contributed by atoms with van der Waals surface area (Å²) < 4.78 is 5.16. The first-order chi connectivity index (χ1) is 9.81. The first kappa shape index (κ1) is 15.9. The second kappa shape index (κ2) is 7.53. The maximum Gasteiger partial charge on any atom is 0.227 e. The molecule has 2 N–H and O–H groups in total. The van der Waals surface area contributed by atoms with Gasteiger partial charge in [0.05, 0.1) is 0 Å². The summed E-state index contributed by atoms with van der Waals surface area (Å²) in [5.74, 6) is 1.13. The van der Waals surface area contributed by atoms with Gasteiger partial charge in [-0.3, -0.25) is 4.79 Å². The van der Waals surface area contributed by atoms with Crippen molar-refractivity contribution in [1.29, 1.82) is 0 Å². The van der Waals surface area contributed by atoms with Gasteiger partial charge in [0.2, 0.25) is 17.6 Å². The number of hydrogen-bond acceptors (Lipinski definition) is 6. The molecule has 2 aromatic rings. The Balaban J connectivity index is 0.00000161. The van der Waals surface area contributed by atoms with E-state index in [-0.39, 0.29) is 24.4 Å². The van der Waals surface area contributed by atoms with Gasteiger partial charge in [0.25, 0.3) is 0 Å². The first-order valence-corrected chi connectivity index (χ1v) is 7.61. The lowest BCUT2D eigenvalue weighted by Crippen LogP contribution is -2.36. The Morgan fingerprint density at radius 3 is 3.19 bits per heavy atom. The fourth-order valence-electron chi connectivity index (χ4n) is 2.16. The van der Waals surface area contributed by atoms with E-state index < -0.39 is 0 Å². The molecule has 0 bridgehead atoms. The third kappa shape index (κ3) is 4.26. The number of thiophene rings is 1. The van der Waals surface area contributed by atoms with E-state index in [1.54, 1.807) is 11.3 Å². The number of carbonyl (C=O) groups excluding carboxylic acids is 1. The van der Waals surface area contributed by atoms with Gasteiger partial charge in [0, 0.05) is 36.4 Å². The number of aryl methyl sites for hydroxylation is 1. The van der Waals surface area contributed by atoms with Crippen molar-refractivity contribution in [3.8, 4) is 11.4 Å². The van der Waals surface area contributed by atoms with Crippen LogP contribution in [0.2, 0.25) is 0 Å². The lowest BCUT2D eigenvalue weighted by Gasteiger charge is -2.10. The van der Waals surface area contributed by atoms with Gasteiger partial charge in [0.1, 0.15) is 0 Å². The maximum absolute atomic E-state index is 11.8. The van der Waals surface area contributed by atoms with E-state index in [4.69, 9.17) is 4.52 Å². The van der Waals surface area contributed by atoms with E-state index in [2.05, 4.69) is 20.8 Å². The molecule has 1 unspecified atom stereocenters. The predicted octanol–water partition coefficient (Wildman–Crippen LogP) is 1.63. The minimum atomic E-state index is 0. The molecule has 1 atom stereocenters. The zero-order valence-corrected chi connectivity index (χ0v) is 13.0. The Labute approximate surface area is 132 Å². The zero-order valence-electron chi connectivity index (χ0n) is 11.4. The van der Waals surface area contributed by atoms with Gasteiger partial charge in [-0.05, 0) is 24.4 Å². The molecule has 3 rings (SSSR count). The third-order valence-electron chi connectivity index (χ3n) is 3.24. The van der Waals surface area contributed by atoms with Crippen LogP contribution in [-0.4, -0.2) is 35.2 Å². The van der Waals surface area contributed by atoms with E-state index in [1.165, 1.54) is 0 Å². The normalized spacial score (nSPS) is 17.4. The Bertz CT molecular complexity index is 566. The Morgan fingerprint density at radius 2 is 2.48 bits per heavy atom. The maximum atomic E-state index is 11.8. The summed E-state index contributed by atoms with van der Waals surface area (Å²) in [5, 5.41) is 14.1. The molecular weight excluding hydrogens is 312 g/mol. The van der Waals surface area contributed by atoms with E-state index >= 15 is 0 Å². The SMILES string of the molecule is Cl.O=C(CCc1nc(-c2ccsc2)no1)NC1CCNC1. The van der Waals surface area contributed by atoms with Crippen molar-refractivity contribution in [2.24, 2.45) is 0 Å². The molecule has 2 aromatic heterocycles. The average Bonchev–Trinajstić information content (AvgIpc) is 3.18. The van der Waals surface area contributed by atoms with Crippen LogP contribution >= 0.6 is 23.7 Å². The second-order valence-corrected chi connectivity index (χ2v) is 5.56. The van der Waals surface area contributed by atoms with Crippen LogP contribution in [0.25, 0.3) is 11.4 Å². The number of carbonyl (C=O) groups is 1. The van der Waals surface area contributed by atoms with Crippen molar-refractivity contribution in [2.45, 2.75) is 25.3 Å². The third-order valence-corrected chi connectivity index (χ3v) is 3.92. The van der Waals surface area contributed by atoms with Gasteiger partial charge in [-0.25, -0.2) is 0 Å². The van der Waals surface area contributed by atoms with Crippen molar-refractivity contribution < 1.29 is 9.32 Å². The van der Waals surface area contributed by atoms with E-state index in [9.17, 15) is 4.79 Å². The van der Waals surface area contributed by atoms with Crippen molar-refractivity contribution in [1.82, 2.24) is 20.8 Å². The highest BCUT2D eigenvalue weighted by Crippen LogP contribution is 2.18. The number of nitrogens with zero attached hydrogens (tertiary/aromatic N) is 2. The number of aromatic nitrogens is 2. The smallest absolute Gasteiger partial charge is 0.227 e. The molecular formula is C13H17ClN4O2S. The largest absolute Gasteiger partial charge is 0.352 e. The summed E-state index contributed by atoms with van der Waals surface area (Å²) in [7, 11) is 0. The molecule has 0 radical (unpaired) electrons. The molecule has 1 saturated heterocycles. The van der Waals surface area contributed by atoms with Crippen LogP contribution in [0.1, 0.15) is 18.7 Å². The summed E-state index contributed by atoms with van der Waals surface area (Å²) in [6.07, 6.45) is 1.85. The van der Waals surface area contributed by atoms with Crippen LogP contribution in [0.4, 0.5) is 0 Å². The highest BCUT2D eigenvalue weighted by Gasteiger charge is 2.17. The van der Waals surface area contributed by atoms with Crippen LogP contribution in [0.15, 0.2) is 21.3 Å². The molecule has 1 amide bonds. The van der Waals surface area contributed by atoms with E-state index in [0.717, 1.165) is 25.1 Å². The average molecular weight is 329 g/mol. The zero-order chi connectivity index (χ0) is 13.8. The lowest BCUT2D eigenvalue weighted by molar-refractivity contribution is -0.121. The molecule has 3 heterocycles. The van der Waals surface area contributed by atoms with Crippen molar-refractivity contribution >= 4 is 29.7 Å². The summed E-state index contributed by atoms with van der Waals surface area (Å²) in [6.45, 7) is 1.83. The molecule has 0 saturated carbocycles. The van der Waals surface area contributed by atoms with Gasteiger partial charge < -0.3 is 15.2 Å². The number of halogens is 1. The molecule has 0 aliphatic carbocycles. The summed E-state index contributed by atoms with van der Waals surface area (Å²) in [5.41, 5.74) is 0.950. The summed E-state index contributed by atoms with van der Waals surface area (Å²) >= 11 is 1.59.